The second-order valence-electron chi connectivity index (χ2n) is 16.1. The number of fused-ring (bicyclic) bond motifs is 2. The van der Waals surface area contributed by atoms with Crippen LogP contribution in [0.25, 0.3) is 11.0 Å². The third-order valence-electron chi connectivity index (χ3n) is 9.48. The van der Waals surface area contributed by atoms with E-state index in [9.17, 15) is 23.5 Å². The molecule has 4 aromatic rings. The Kier molecular flexibility index (Phi) is 12.8. The van der Waals surface area contributed by atoms with Crippen molar-refractivity contribution in [2.75, 3.05) is 13.2 Å². The quantitative estimate of drug-likeness (QED) is 0.0844. The number of para-hydroxylation sites is 1. The highest BCUT2D eigenvalue weighted by atomic mass is 32.3. The Morgan fingerprint density at radius 2 is 1.68 bits per heavy atom. The first-order chi connectivity index (χ1) is 26.6. The maximum atomic E-state index is 14.5. The summed E-state index contributed by atoms with van der Waals surface area (Å²) < 4.78 is 50.2. The molecule has 2 amide bonds. The number of hydrogen-bond donors (Lipinski definition) is 3. The average Bonchev–Trinajstić information content (AvgIpc) is 3.45. The Balaban J connectivity index is 1.74. The van der Waals surface area contributed by atoms with E-state index < -0.39 is 52.1 Å². The third kappa shape index (κ3) is 9.80. The number of esters is 1. The molecule has 0 fully saturated rings. The number of carbonyl (C=O) groups is 3. The lowest BCUT2D eigenvalue weighted by molar-refractivity contribution is -0.151. The molecule has 3 aromatic carbocycles. The summed E-state index contributed by atoms with van der Waals surface area (Å²) in [6, 6.07) is 14.6. The molecule has 1 aliphatic rings. The minimum absolute atomic E-state index is 0.0348. The molecule has 0 bridgehead atoms. The number of aryl methyl sites for hydroxylation is 3. The molecule has 57 heavy (non-hydrogen) atoms. The summed E-state index contributed by atoms with van der Waals surface area (Å²) in [5.74, 6) is -1.43. The lowest BCUT2D eigenvalue weighted by atomic mass is 9.81. The van der Waals surface area contributed by atoms with E-state index in [0.717, 1.165) is 21.7 Å². The summed E-state index contributed by atoms with van der Waals surface area (Å²) in [6.45, 7) is 17.7. The molecule has 3 atom stereocenters. The second kappa shape index (κ2) is 16.9. The molecule has 0 saturated carbocycles. The Labute approximate surface area is 336 Å². The standard InChI is InChI=1S/C41H56N6O9S/c1-12-29-24-46(57(51,52)33-17-15-14-16-32(33)54-29)23-28-22-27(19-18-25(28)3)34(30-20-21-31-35(26(30)4)42-44-45(31)11)36(37(48)53-13-2)47(39(50)56-41(8,9)10)43-38(49)55-40(5,6)7/h14-22,29,34,36,51-52H,12-13,23-24H2,1-11H3,(H,43,49). The lowest BCUT2D eigenvalue weighted by Crippen LogP contribution is -2.59. The minimum atomic E-state index is -3.51. The number of amides is 2. The number of hydrazine groups is 1. The van der Waals surface area contributed by atoms with Crippen LogP contribution in [0.5, 0.6) is 5.75 Å². The van der Waals surface area contributed by atoms with Gasteiger partial charge in [0.1, 0.15) is 33.5 Å². The van der Waals surface area contributed by atoms with Crippen molar-refractivity contribution in [1.82, 2.24) is 29.7 Å². The normalized spacial score (nSPS) is 17.3. The second-order valence-corrected chi connectivity index (χ2v) is 18.1. The van der Waals surface area contributed by atoms with Gasteiger partial charge < -0.3 is 18.9 Å². The van der Waals surface area contributed by atoms with Crippen molar-refractivity contribution in [3.05, 3.63) is 82.4 Å². The highest BCUT2D eigenvalue weighted by molar-refractivity contribution is 8.22. The fourth-order valence-electron chi connectivity index (χ4n) is 6.75. The topological polar surface area (TPSA) is 178 Å². The summed E-state index contributed by atoms with van der Waals surface area (Å²) in [7, 11) is -1.74. The molecule has 2 heterocycles. The zero-order chi connectivity index (χ0) is 42.0. The van der Waals surface area contributed by atoms with Crippen LogP contribution >= 0.6 is 10.8 Å². The molecule has 1 aliphatic heterocycles. The summed E-state index contributed by atoms with van der Waals surface area (Å²) in [5, 5.41) is 9.46. The molecular formula is C41H56N6O9S. The first-order valence-corrected chi connectivity index (χ1v) is 20.5. The lowest BCUT2D eigenvalue weighted by Gasteiger charge is -2.42. The monoisotopic (exact) mass is 808 g/mol. The summed E-state index contributed by atoms with van der Waals surface area (Å²) in [5.41, 5.74) is 5.22. The SMILES string of the molecule is CCOC(=O)C(C(c1ccc(C)c(CN2CC(CC)Oc3ccccc3S2(O)O)c1)c1ccc2c(nnn2C)c1C)N(NC(=O)OC(C)(C)C)C(=O)OC(C)(C)C. The zero-order valence-corrected chi connectivity index (χ0v) is 35.5. The molecule has 3 unspecified atom stereocenters. The third-order valence-corrected chi connectivity index (χ3v) is 11.4. The number of aromatic nitrogens is 3. The molecule has 5 rings (SSSR count). The molecule has 310 valence electrons. The number of nitrogens with one attached hydrogen (secondary N) is 1. The van der Waals surface area contributed by atoms with Gasteiger partial charge in [0.2, 0.25) is 0 Å². The molecule has 15 nitrogen and oxygen atoms in total. The van der Waals surface area contributed by atoms with Gasteiger partial charge in [0.25, 0.3) is 0 Å². The van der Waals surface area contributed by atoms with Crippen molar-refractivity contribution >= 4 is 40.0 Å². The number of rotatable bonds is 9. The van der Waals surface area contributed by atoms with E-state index in [1.165, 1.54) is 0 Å². The van der Waals surface area contributed by atoms with E-state index in [2.05, 4.69) is 15.7 Å². The summed E-state index contributed by atoms with van der Waals surface area (Å²) >= 11 is 0. The van der Waals surface area contributed by atoms with Gasteiger partial charge in [-0.3, -0.25) is 9.11 Å². The van der Waals surface area contributed by atoms with Crippen LogP contribution in [0.3, 0.4) is 0 Å². The number of nitrogens with zero attached hydrogens (tertiary/aromatic N) is 5. The van der Waals surface area contributed by atoms with E-state index in [0.29, 0.717) is 39.3 Å². The minimum Gasteiger partial charge on any atom is -0.487 e. The maximum Gasteiger partial charge on any atom is 0.430 e. The van der Waals surface area contributed by atoms with E-state index >= 15 is 0 Å². The highest BCUT2D eigenvalue weighted by Crippen LogP contribution is 2.57. The van der Waals surface area contributed by atoms with Crippen LogP contribution in [0.15, 0.2) is 59.5 Å². The van der Waals surface area contributed by atoms with E-state index in [1.807, 2.05) is 51.1 Å². The first kappa shape index (κ1) is 43.2. The van der Waals surface area contributed by atoms with Gasteiger partial charge in [-0.15, -0.1) is 15.9 Å². The fourth-order valence-corrected chi connectivity index (χ4v) is 8.37. The van der Waals surface area contributed by atoms with Crippen LogP contribution < -0.4 is 10.2 Å². The highest BCUT2D eigenvalue weighted by Gasteiger charge is 2.44. The van der Waals surface area contributed by atoms with Crippen LogP contribution in [-0.2, 0) is 32.6 Å². The van der Waals surface area contributed by atoms with Crippen LogP contribution in [0.4, 0.5) is 9.59 Å². The zero-order valence-electron chi connectivity index (χ0n) is 34.7. The van der Waals surface area contributed by atoms with Gasteiger partial charge in [-0.1, -0.05) is 48.5 Å². The smallest absolute Gasteiger partial charge is 0.430 e. The summed E-state index contributed by atoms with van der Waals surface area (Å²) in [6.07, 6.45) is -1.72. The van der Waals surface area contributed by atoms with Crippen molar-refractivity contribution in [3.63, 3.8) is 0 Å². The Morgan fingerprint density at radius 3 is 2.33 bits per heavy atom. The largest absolute Gasteiger partial charge is 0.487 e. The van der Waals surface area contributed by atoms with Crippen LogP contribution in [0.1, 0.15) is 95.5 Å². The Bertz CT molecular complexity index is 2110. The molecule has 1 aromatic heterocycles. The van der Waals surface area contributed by atoms with Gasteiger partial charge in [-0.25, -0.2) is 29.5 Å². The van der Waals surface area contributed by atoms with Crippen molar-refractivity contribution in [2.45, 2.75) is 116 Å². The van der Waals surface area contributed by atoms with Gasteiger partial charge in [0.05, 0.1) is 18.7 Å². The molecule has 16 heteroatoms. The average molecular weight is 809 g/mol. The summed E-state index contributed by atoms with van der Waals surface area (Å²) in [4.78, 5) is 42.5. The Hall–Kier alpha value is -4.90. The molecule has 3 N–H and O–H groups in total. The molecule has 0 saturated heterocycles. The predicted octanol–water partition coefficient (Wildman–Crippen LogP) is 8.02. The van der Waals surface area contributed by atoms with Crippen molar-refractivity contribution in [3.8, 4) is 5.75 Å². The van der Waals surface area contributed by atoms with Gasteiger partial charge >= 0.3 is 18.2 Å². The molecule has 0 aliphatic carbocycles. The number of benzene rings is 3. The van der Waals surface area contributed by atoms with Gasteiger partial charge in [0.15, 0.2) is 6.04 Å². The fraction of sp³-hybridized carbons (Fsp3) is 0.488. The van der Waals surface area contributed by atoms with E-state index in [4.69, 9.17) is 18.9 Å². The molecular weight excluding hydrogens is 753 g/mol. The van der Waals surface area contributed by atoms with Crippen molar-refractivity contribution < 1.29 is 42.4 Å². The van der Waals surface area contributed by atoms with Crippen molar-refractivity contribution in [1.29, 1.82) is 0 Å². The van der Waals surface area contributed by atoms with Gasteiger partial charge in [0, 0.05) is 19.5 Å². The van der Waals surface area contributed by atoms with Gasteiger partial charge in [-0.2, -0.15) is 4.31 Å². The van der Waals surface area contributed by atoms with E-state index in [1.54, 1.807) is 88.8 Å². The first-order valence-electron chi connectivity index (χ1n) is 19.0. The van der Waals surface area contributed by atoms with Gasteiger partial charge in [-0.05, 0) is 115 Å². The van der Waals surface area contributed by atoms with Crippen LogP contribution in [0, 0.1) is 13.8 Å². The van der Waals surface area contributed by atoms with E-state index in [-0.39, 0.29) is 25.8 Å². The van der Waals surface area contributed by atoms with Crippen LogP contribution in [0.2, 0.25) is 0 Å². The van der Waals surface area contributed by atoms with Crippen molar-refractivity contribution in [2.24, 2.45) is 7.05 Å². The Morgan fingerprint density at radius 1 is 1.00 bits per heavy atom. The molecule has 0 spiro atoms. The molecule has 0 radical (unpaired) electrons. The maximum absolute atomic E-state index is 14.5. The predicted molar refractivity (Wildman–Crippen MR) is 217 cm³/mol. The number of ether oxygens (including phenoxy) is 4. The number of carbonyl (C=O) groups excluding carboxylic acids is 3. The number of hydrogen-bond acceptors (Lipinski definition) is 12. The van der Waals surface area contributed by atoms with Crippen LogP contribution in [-0.4, -0.2) is 88.1 Å².